The third kappa shape index (κ3) is 7.89. The molecule has 1 unspecified atom stereocenters. The maximum atomic E-state index is 14.1. The molecule has 0 radical (unpaired) electrons. The van der Waals surface area contributed by atoms with Gasteiger partial charge >= 0.3 is 0 Å². The lowest BCUT2D eigenvalue weighted by molar-refractivity contribution is -0.140. The molecule has 10 heteroatoms. The molecule has 1 N–H and O–H groups in total. The zero-order valence-electron chi connectivity index (χ0n) is 24.2. The highest BCUT2D eigenvalue weighted by Crippen LogP contribution is 2.31. The van der Waals surface area contributed by atoms with E-state index in [-0.39, 0.29) is 17.3 Å². The van der Waals surface area contributed by atoms with Crippen molar-refractivity contribution in [1.29, 1.82) is 0 Å². The Morgan fingerprint density at radius 3 is 2.27 bits per heavy atom. The second-order valence-electron chi connectivity index (χ2n) is 9.81. The van der Waals surface area contributed by atoms with Crippen LogP contribution in [-0.4, -0.2) is 51.4 Å². The second kappa shape index (κ2) is 14.5. The topological polar surface area (TPSA) is 96.0 Å². The van der Waals surface area contributed by atoms with Crippen LogP contribution < -0.4 is 14.4 Å². The molecule has 0 bridgehead atoms. The molecule has 3 aromatic carbocycles. The van der Waals surface area contributed by atoms with Gasteiger partial charge in [-0.2, -0.15) is 0 Å². The van der Waals surface area contributed by atoms with Crippen molar-refractivity contribution >= 4 is 43.5 Å². The van der Waals surface area contributed by atoms with Crippen molar-refractivity contribution in [3.8, 4) is 5.75 Å². The second-order valence-corrected chi connectivity index (χ2v) is 12.5. The van der Waals surface area contributed by atoms with E-state index in [0.29, 0.717) is 28.9 Å². The molecule has 0 aromatic heterocycles. The fourth-order valence-electron chi connectivity index (χ4n) is 4.43. The van der Waals surface area contributed by atoms with Crippen molar-refractivity contribution in [3.05, 3.63) is 87.9 Å². The van der Waals surface area contributed by atoms with E-state index in [1.54, 1.807) is 30.3 Å². The molecule has 0 saturated carbocycles. The van der Waals surface area contributed by atoms with Crippen LogP contribution in [0.3, 0.4) is 0 Å². The van der Waals surface area contributed by atoms with E-state index in [1.165, 1.54) is 24.1 Å². The molecule has 0 aliphatic rings. The van der Waals surface area contributed by atoms with Gasteiger partial charge in [0, 0.05) is 13.1 Å². The highest BCUT2D eigenvalue weighted by atomic mass is 79.9. The molecule has 1 atom stereocenters. The Morgan fingerprint density at radius 1 is 1.00 bits per heavy atom. The molecular weight excluding hydrogens is 606 g/mol. The number of nitrogens with one attached hydrogen (secondary N) is 1. The number of amides is 2. The summed E-state index contributed by atoms with van der Waals surface area (Å²) in [6.07, 6.45) is 1.13. The number of methoxy groups -OCH3 is 1. The number of sulfonamides is 1. The molecule has 3 rings (SSSR count). The molecule has 3 aromatic rings. The summed E-state index contributed by atoms with van der Waals surface area (Å²) >= 11 is 3.37. The number of halogens is 1. The maximum Gasteiger partial charge on any atom is 0.264 e. The molecule has 2 amide bonds. The minimum atomic E-state index is -4.19. The molecule has 0 aliphatic carbocycles. The lowest BCUT2D eigenvalue weighted by Gasteiger charge is -2.33. The van der Waals surface area contributed by atoms with Gasteiger partial charge in [-0.3, -0.25) is 13.9 Å². The van der Waals surface area contributed by atoms with Crippen LogP contribution in [0.25, 0.3) is 0 Å². The van der Waals surface area contributed by atoms with Crippen LogP contribution in [0.4, 0.5) is 5.69 Å². The van der Waals surface area contributed by atoms with Crippen molar-refractivity contribution in [2.24, 2.45) is 0 Å². The Hall–Kier alpha value is -3.37. The number of benzene rings is 3. The van der Waals surface area contributed by atoms with E-state index in [2.05, 4.69) is 21.2 Å². The van der Waals surface area contributed by atoms with E-state index in [0.717, 1.165) is 27.4 Å². The first-order valence-electron chi connectivity index (χ1n) is 13.6. The van der Waals surface area contributed by atoms with Gasteiger partial charge in [0.05, 0.1) is 22.2 Å². The smallest absolute Gasteiger partial charge is 0.264 e. The minimum Gasteiger partial charge on any atom is -0.496 e. The van der Waals surface area contributed by atoms with Gasteiger partial charge in [0.25, 0.3) is 10.0 Å². The van der Waals surface area contributed by atoms with Crippen molar-refractivity contribution in [1.82, 2.24) is 10.2 Å². The average molecular weight is 645 g/mol. The molecule has 0 saturated heterocycles. The first-order chi connectivity index (χ1) is 19.5. The number of aryl methyl sites for hydroxylation is 2. The summed E-state index contributed by atoms with van der Waals surface area (Å²) in [6.45, 7) is 7.81. The molecule has 41 heavy (non-hydrogen) atoms. The fourth-order valence-corrected chi connectivity index (χ4v) is 6.56. The summed E-state index contributed by atoms with van der Waals surface area (Å²) in [7, 11) is -2.70. The highest BCUT2D eigenvalue weighted by Gasteiger charge is 2.34. The molecule has 0 spiro atoms. The lowest BCUT2D eigenvalue weighted by atomic mass is 10.1. The van der Waals surface area contributed by atoms with E-state index in [4.69, 9.17) is 4.74 Å². The fraction of sp³-hybridized carbons (Fsp3) is 0.355. The summed E-state index contributed by atoms with van der Waals surface area (Å²) in [6, 6.07) is 18.3. The van der Waals surface area contributed by atoms with Gasteiger partial charge in [-0.1, -0.05) is 55.8 Å². The zero-order valence-corrected chi connectivity index (χ0v) is 26.6. The minimum absolute atomic E-state index is 0.00302. The van der Waals surface area contributed by atoms with Gasteiger partial charge in [0.1, 0.15) is 18.3 Å². The van der Waals surface area contributed by atoms with E-state index in [1.807, 2.05) is 52.0 Å². The van der Waals surface area contributed by atoms with Crippen molar-refractivity contribution in [2.45, 2.75) is 58.0 Å². The van der Waals surface area contributed by atoms with Gasteiger partial charge in [0.2, 0.25) is 11.8 Å². The molecule has 0 heterocycles. The molecule has 8 nitrogen and oxygen atoms in total. The third-order valence-electron chi connectivity index (χ3n) is 6.85. The summed E-state index contributed by atoms with van der Waals surface area (Å²) in [4.78, 5) is 28.8. The zero-order chi connectivity index (χ0) is 30.2. The van der Waals surface area contributed by atoms with E-state index in [9.17, 15) is 18.0 Å². The quantitative estimate of drug-likeness (QED) is 0.261. The standard InChI is InChI=1S/C31H38BrN3O5S/c1-6-18-33-31(37)28(7-2)34(20-24-11-9-8-10-23(24)4)30(36)21-35(25-14-12-22(3)13-15-25)41(38,39)26-16-17-29(40-5)27(32)19-26/h8-17,19,28H,6-7,18,20-21H2,1-5H3,(H,33,37). The predicted molar refractivity (Wildman–Crippen MR) is 166 cm³/mol. The van der Waals surface area contributed by atoms with Crippen LogP contribution in [0.5, 0.6) is 5.75 Å². The highest BCUT2D eigenvalue weighted by molar-refractivity contribution is 9.10. The lowest BCUT2D eigenvalue weighted by Crippen LogP contribution is -2.52. The van der Waals surface area contributed by atoms with Crippen molar-refractivity contribution in [3.63, 3.8) is 0 Å². The Labute approximate surface area is 251 Å². The Morgan fingerprint density at radius 2 is 1.68 bits per heavy atom. The van der Waals surface area contributed by atoms with Crippen LogP contribution in [0.1, 0.15) is 43.4 Å². The van der Waals surface area contributed by atoms with Gasteiger partial charge in [-0.05, 0) is 84.1 Å². The summed E-state index contributed by atoms with van der Waals surface area (Å²) < 4.78 is 35.0. The number of rotatable bonds is 13. The normalized spacial score (nSPS) is 12.0. The Bertz CT molecular complexity index is 1460. The first-order valence-corrected chi connectivity index (χ1v) is 15.8. The van der Waals surface area contributed by atoms with Crippen LogP contribution in [-0.2, 0) is 26.2 Å². The van der Waals surface area contributed by atoms with E-state index >= 15 is 0 Å². The maximum absolute atomic E-state index is 14.1. The average Bonchev–Trinajstić information content (AvgIpc) is 2.95. The SMILES string of the molecule is CCCNC(=O)C(CC)N(Cc1ccccc1C)C(=O)CN(c1ccc(C)cc1)S(=O)(=O)c1ccc(OC)c(Br)c1. The number of carbonyl (C=O) groups is 2. The van der Waals surface area contributed by atoms with Crippen LogP contribution in [0, 0.1) is 13.8 Å². The summed E-state index contributed by atoms with van der Waals surface area (Å²) in [5, 5.41) is 2.90. The van der Waals surface area contributed by atoms with Gasteiger partial charge in [0.15, 0.2) is 0 Å². The molecule has 0 aliphatic heterocycles. The summed E-state index contributed by atoms with van der Waals surface area (Å²) in [5.41, 5.74) is 3.14. The van der Waals surface area contributed by atoms with Crippen molar-refractivity contribution < 1.29 is 22.7 Å². The number of ether oxygens (including phenoxy) is 1. The Kier molecular flexibility index (Phi) is 11.4. The van der Waals surface area contributed by atoms with Gasteiger partial charge < -0.3 is 15.0 Å². The monoisotopic (exact) mass is 643 g/mol. The van der Waals surface area contributed by atoms with Crippen molar-refractivity contribution in [2.75, 3.05) is 24.5 Å². The van der Waals surface area contributed by atoms with Gasteiger partial charge in [-0.15, -0.1) is 0 Å². The number of carbonyl (C=O) groups excluding carboxylic acids is 2. The molecular formula is C31H38BrN3O5S. The number of hydrogen-bond acceptors (Lipinski definition) is 5. The molecule has 220 valence electrons. The number of hydrogen-bond donors (Lipinski definition) is 1. The van der Waals surface area contributed by atoms with Crippen LogP contribution in [0.15, 0.2) is 76.1 Å². The number of nitrogens with zero attached hydrogens (tertiary/aromatic N) is 2. The Balaban J connectivity index is 2.08. The van der Waals surface area contributed by atoms with Crippen LogP contribution >= 0.6 is 15.9 Å². The predicted octanol–water partition coefficient (Wildman–Crippen LogP) is 5.60. The van der Waals surface area contributed by atoms with Gasteiger partial charge in [-0.25, -0.2) is 8.42 Å². The number of anilines is 1. The largest absolute Gasteiger partial charge is 0.496 e. The molecule has 0 fully saturated rings. The third-order valence-corrected chi connectivity index (χ3v) is 9.24. The van der Waals surface area contributed by atoms with E-state index < -0.39 is 28.5 Å². The summed E-state index contributed by atoms with van der Waals surface area (Å²) in [5.74, 6) is -0.265. The van der Waals surface area contributed by atoms with Crippen LogP contribution in [0.2, 0.25) is 0 Å². The first kappa shape index (κ1) is 32.1.